The molecule has 0 aromatic heterocycles. The van der Waals surface area contributed by atoms with Crippen molar-refractivity contribution in [2.75, 3.05) is 26.2 Å². The molecule has 4 heteroatoms. The average Bonchev–Trinajstić information content (AvgIpc) is 2.26. The van der Waals surface area contributed by atoms with Crippen molar-refractivity contribution >= 4 is 5.97 Å². The Morgan fingerprint density at radius 2 is 2.18 bits per heavy atom. The molecule has 1 saturated heterocycles. The molecule has 1 rings (SSSR count). The smallest absolute Gasteiger partial charge is 0.307 e. The highest BCUT2D eigenvalue weighted by Gasteiger charge is 2.30. The summed E-state index contributed by atoms with van der Waals surface area (Å²) in [5.74, 6) is -0.248. The van der Waals surface area contributed by atoms with Crippen molar-refractivity contribution in [1.82, 2.24) is 10.2 Å². The monoisotopic (exact) mass is 242 g/mol. The molecule has 2 N–H and O–H groups in total. The van der Waals surface area contributed by atoms with E-state index in [0.717, 1.165) is 32.5 Å². The lowest BCUT2D eigenvalue weighted by Gasteiger charge is -2.36. The molecular weight excluding hydrogens is 216 g/mol. The van der Waals surface area contributed by atoms with Gasteiger partial charge in [-0.05, 0) is 31.8 Å². The number of carbonyl (C=O) groups is 1. The van der Waals surface area contributed by atoms with Crippen molar-refractivity contribution < 1.29 is 9.90 Å². The number of rotatable bonds is 6. The van der Waals surface area contributed by atoms with E-state index in [0.29, 0.717) is 18.5 Å². The van der Waals surface area contributed by atoms with Crippen molar-refractivity contribution in [3.8, 4) is 0 Å². The van der Waals surface area contributed by atoms with E-state index in [-0.39, 0.29) is 5.92 Å². The summed E-state index contributed by atoms with van der Waals surface area (Å²) in [6, 6.07) is 0.332. The van der Waals surface area contributed by atoms with E-state index in [1.807, 2.05) is 0 Å². The molecule has 0 aliphatic carbocycles. The number of nitrogens with one attached hydrogen (secondary N) is 1. The molecule has 0 amide bonds. The lowest BCUT2D eigenvalue weighted by atomic mass is 9.94. The van der Waals surface area contributed by atoms with Crippen LogP contribution in [0.1, 0.15) is 33.6 Å². The van der Waals surface area contributed by atoms with Crippen LogP contribution < -0.4 is 5.32 Å². The molecule has 1 fully saturated rings. The quantitative estimate of drug-likeness (QED) is 0.739. The molecule has 1 aliphatic heterocycles. The number of hydrogen-bond acceptors (Lipinski definition) is 3. The van der Waals surface area contributed by atoms with E-state index in [1.165, 1.54) is 0 Å². The first-order valence-corrected chi connectivity index (χ1v) is 6.71. The normalized spacial score (nSPS) is 26.4. The third kappa shape index (κ3) is 5.04. The second-order valence-corrected chi connectivity index (χ2v) is 5.53. The number of carboxylic acids is 1. The third-order valence-electron chi connectivity index (χ3n) is 3.23. The predicted molar refractivity (Wildman–Crippen MR) is 69.1 cm³/mol. The van der Waals surface area contributed by atoms with E-state index in [4.69, 9.17) is 5.11 Å². The van der Waals surface area contributed by atoms with Gasteiger partial charge in [-0.15, -0.1) is 0 Å². The maximum Gasteiger partial charge on any atom is 0.307 e. The van der Waals surface area contributed by atoms with Crippen LogP contribution in [0.25, 0.3) is 0 Å². The molecule has 0 aromatic carbocycles. The first-order valence-electron chi connectivity index (χ1n) is 6.71. The summed E-state index contributed by atoms with van der Waals surface area (Å²) >= 11 is 0. The van der Waals surface area contributed by atoms with Crippen LogP contribution in [0.3, 0.4) is 0 Å². The number of nitrogens with zero attached hydrogens (tertiary/aromatic N) is 1. The van der Waals surface area contributed by atoms with Crippen molar-refractivity contribution in [3.05, 3.63) is 0 Å². The van der Waals surface area contributed by atoms with Gasteiger partial charge in [0.2, 0.25) is 0 Å². The number of piperidine rings is 1. The van der Waals surface area contributed by atoms with E-state index in [2.05, 4.69) is 31.0 Å². The van der Waals surface area contributed by atoms with Gasteiger partial charge in [0.25, 0.3) is 0 Å². The molecule has 100 valence electrons. The van der Waals surface area contributed by atoms with E-state index >= 15 is 0 Å². The summed E-state index contributed by atoms with van der Waals surface area (Å²) in [5, 5.41) is 12.7. The molecule has 0 radical (unpaired) electrons. The maximum atomic E-state index is 11.1. The van der Waals surface area contributed by atoms with Crippen molar-refractivity contribution in [3.63, 3.8) is 0 Å². The fraction of sp³-hybridized carbons (Fsp3) is 0.923. The zero-order chi connectivity index (χ0) is 12.8. The van der Waals surface area contributed by atoms with Gasteiger partial charge in [0.15, 0.2) is 0 Å². The van der Waals surface area contributed by atoms with Gasteiger partial charge in [0.05, 0.1) is 5.92 Å². The van der Waals surface area contributed by atoms with Gasteiger partial charge in [-0.3, -0.25) is 4.79 Å². The van der Waals surface area contributed by atoms with Crippen LogP contribution >= 0.6 is 0 Å². The molecule has 1 aliphatic rings. The zero-order valence-electron chi connectivity index (χ0n) is 11.3. The van der Waals surface area contributed by atoms with Gasteiger partial charge < -0.3 is 15.3 Å². The number of aliphatic carboxylic acids is 1. The Labute approximate surface area is 104 Å². The molecule has 2 atom stereocenters. The van der Waals surface area contributed by atoms with Crippen LogP contribution in [0, 0.1) is 11.8 Å². The average molecular weight is 242 g/mol. The molecule has 17 heavy (non-hydrogen) atoms. The second kappa shape index (κ2) is 6.97. The zero-order valence-corrected chi connectivity index (χ0v) is 11.3. The summed E-state index contributed by atoms with van der Waals surface area (Å²) in [4.78, 5) is 13.4. The molecule has 0 bridgehead atoms. The van der Waals surface area contributed by atoms with Crippen LogP contribution in [0.2, 0.25) is 0 Å². The predicted octanol–water partition coefficient (Wildman–Crippen LogP) is 1.42. The third-order valence-corrected chi connectivity index (χ3v) is 3.23. The molecule has 2 unspecified atom stereocenters. The van der Waals surface area contributed by atoms with Gasteiger partial charge >= 0.3 is 5.97 Å². The molecule has 0 saturated carbocycles. The highest BCUT2D eigenvalue weighted by atomic mass is 16.4. The van der Waals surface area contributed by atoms with Crippen LogP contribution in [-0.4, -0.2) is 48.2 Å². The number of likely N-dealkylation sites (tertiary alicyclic amines) is 1. The fourth-order valence-corrected chi connectivity index (χ4v) is 2.42. The second-order valence-electron chi connectivity index (χ2n) is 5.53. The Morgan fingerprint density at radius 1 is 1.47 bits per heavy atom. The Kier molecular flexibility index (Phi) is 5.92. The van der Waals surface area contributed by atoms with Crippen molar-refractivity contribution in [1.29, 1.82) is 0 Å². The maximum absolute atomic E-state index is 11.1. The van der Waals surface area contributed by atoms with Crippen molar-refractivity contribution in [2.45, 2.75) is 39.7 Å². The van der Waals surface area contributed by atoms with Gasteiger partial charge in [-0.1, -0.05) is 20.8 Å². The standard InChI is InChI=1S/C13H26N2O2/c1-4-5-15-8-11(13(16)17)6-12(9-15)14-7-10(2)3/h10-12,14H,4-9H2,1-3H3,(H,16,17). The topological polar surface area (TPSA) is 52.6 Å². The van der Waals surface area contributed by atoms with Crippen LogP contribution in [-0.2, 0) is 4.79 Å². The fourth-order valence-electron chi connectivity index (χ4n) is 2.42. The minimum Gasteiger partial charge on any atom is -0.481 e. The lowest BCUT2D eigenvalue weighted by Crippen LogP contribution is -2.51. The largest absolute Gasteiger partial charge is 0.481 e. The lowest BCUT2D eigenvalue weighted by molar-refractivity contribution is -0.144. The first kappa shape index (κ1) is 14.5. The molecule has 4 nitrogen and oxygen atoms in total. The van der Waals surface area contributed by atoms with Gasteiger partial charge in [0, 0.05) is 19.1 Å². The van der Waals surface area contributed by atoms with Gasteiger partial charge in [-0.2, -0.15) is 0 Å². The summed E-state index contributed by atoms with van der Waals surface area (Å²) in [6.07, 6.45) is 1.85. The van der Waals surface area contributed by atoms with E-state index in [9.17, 15) is 4.79 Å². The Morgan fingerprint density at radius 3 is 2.71 bits per heavy atom. The summed E-state index contributed by atoms with van der Waals surface area (Å²) in [6.45, 7) is 10.2. The highest BCUT2D eigenvalue weighted by Crippen LogP contribution is 2.17. The van der Waals surface area contributed by atoms with Gasteiger partial charge in [-0.25, -0.2) is 0 Å². The minimum absolute atomic E-state index is 0.208. The number of hydrogen-bond donors (Lipinski definition) is 2. The first-order chi connectivity index (χ1) is 8.02. The number of carboxylic acid groups (broad SMARTS) is 1. The Balaban J connectivity index is 2.49. The molecular formula is C13H26N2O2. The summed E-state index contributed by atoms with van der Waals surface area (Å²) in [5.41, 5.74) is 0. The Hall–Kier alpha value is -0.610. The van der Waals surface area contributed by atoms with Crippen LogP contribution in [0.15, 0.2) is 0 Å². The summed E-state index contributed by atoms with van der Waals surface area (Å²) in [7, 11) is 0. The van der Waals surface area contributed by atoms with Gasteiger partial charge in [0.1, 0.15) is 0 Å². The van der Waals surface area contributed by atoms with E-state index in [1.54, 1.807) is 0 Å². The van der Waals surface area contributed by atoms with E-state index < -0.39 is 5.97 Å². The Bertz CT molecular complexity index is 244. The molecule has 0 spiro atoms. The SMILES string of the molecule is CCCN1CC(NCC(C)C)CC(C(=O)O)C1. The minimum atomic E-state index is -0.651. The molecule has 0 aromatic rings. The van der Waals surface area contributed by atoms with Crippen molar-refractivity contribution in [2.24, 2.45) is 11.8 Å². The van der Waals surface area contributed by atoms with Crippen LogP contribution in [0.5, 0.6) is 0 Å². The highest BCUT2D eigenvalue weighted by molar-refractivity contribution is 5.70. The van der Waals surface area contributed by atoms with Crippen LogP contribution in [0.4, 0.5) is 0 Å². The molecule has 1 heterocycles. The summed E-state index contributed by atoms with van der Waals surface area (Å²) < 4.78 is 0.